The second-order valence-electron chi connectivity index (χ2n) is 6.83. The number of nitrogens with one attached hydrogen (secondary N) is 1. The summed E-state index contributed by atoms with van der Waals surface area (Å²) in [7, 11) is 0. The van der Waals surface area contributed by atoms with E-state index in [0.717, 1.165) is 12.0 Å². The molecule has 1 aromatic carbocycles. The monoisotopic (exact) mass is 312 g/mol. The summed E-state index contributed by atoms with van der Waals surface area (Å²) >= 11 is 6.22. The molecule has 0 heterocycles. The van der Waals surface area contributed by atoms with Gasteiger partial charge in [-0.25, -0.2) is 4.39 Å². The van der Waals surface area contributed by atoms with Crippen molar-refractivity contribution in [1.82, 2.24) is 5.43 Å². The highest BCUT2D eigenvalue weighted by Gasteiger charge is 2.41. The van der Waals surface area contributed by atoms with Crippen LogP contribution in [0.2, 0.25) is 5.02 Å². The number of benzene rings is 1. The first-order valence-corrected chi connectivity index (χ1v) is 8.25. The lowest BCUT2D eigenvalue weighted by Crippen LogP contribution is -2.49. The molecular weight excluding hydrogens is 287 g/mol. The van der Waals surface area contributed by atoms with E-state index in [9.17, 15) is 4.39 Å². The van der Waals surface area contributed by atoms with Gasteiger partial charge in [0.05, 0.1) is 0 Å². The third kappa shape index (κ3) is 3.97. The standard InChI is InChI=1S/C17H26ClFN2/c1-12(2)11-17(7-3-4-8-17)16(21-20)10-13-9-14(19)5-6-15(13)18/h5-6,9,12,16,21H,3-4,7-8,10-11,20H2,1-2H3. The van der Waals surface area contributed by atoms with Crippen molar-refractivity contribution in [2.24, 2.45) is 17.2 Å². The van der Waals surface area contributed by atoms with Crippen LogP contribution in [0.4, 0.5) is 4.39 Å². The number of nitrogens with two attached hydrogens (primary N) is 1. The lowest BCUT2D eigenvalue weighted by atomic mass is 9.71. The van der Waals surface area contributed by atoms with E-state index in [4.69, 9.17) is 17.4 Å². The van der Waals surface area contributed by atoms with Gasteiger partial charge in [-0.15, -0.1) is 0 Å². The Hall–Kier alpha value is -0.640. The summed E-state index contributed by atoms with van der Waals surface area (Å²) in [6, 6.07) is 4.70. The third-order valence-electron chi connectivity index (χ3n) is 4.79. The molecule has 1 aliphatic carbocycles. The summed E-state index contributed by atoms with van der Waals surface area (Å²) < 4.78 is 13.5. The fourth-order valence-corrected chi connectivity index (χ4v) is 4.15. The van der Waals surface area contributed by atoms with Crippen molar-refractivity contribution in [3.63, 3.8) is 0 Å². The molecule has 3 N–H and O–H groups in total. The minimum absolute atomic E-state index is 0.140. The first-order chi connectivity index (χ1) is 9.97. The van der Waals surface area contributed by atoms with Gasteiger partial charge < -0.3 is 0 Å². The third-order valence-corrected chi connectivity index (χ3v) is 5.16. The minimum atomic E-state index is -0.241. The van der Waals surface area contributed by atoms with Gasteiger partial charge in [0.15, 0.2) is 0 Å². The van der Waals surface area contributed by atoms with Gasteiger partial charge >= 0.3 is 0 Å². The lowest BCUT2D eigenvalue weighted by molar-refractivity contribution is 0.154. The maximum absolute atomic E-state index is 13.5. The first-order valence-electron chi connectivity index (χ1n) is 7.87. The van der Waals surface area contributed by atoms with Gasteiger partial charge in [0.2, 0.25) is 0 Å². The Morgan fingerprint density at radius 3 is 2.57 bits per heavy atom. The average molecular weight is 313 g/mol. The van der Waals surface area contributed by atoms with Crippen molar-refractivity contribution in [3.8, 4) is 0 Å². The molecule has 0 radical (unpaired) electrons. The molecule has 1 aliphatic rings. The van der Waals surface area contributed by atoms with Crippen LogP contribution in [0.25, 0.3) is 0 Å². The van der Waals surface area contributed by atoms with E-state index in [1.807, 2.05) is 0 Å². The molecule has 0 amide bonds. The van der Waals surface area contributed by atoms with Crippen LogP contribution in [0.1, 0.15) is 51.5 Å². The molecule has 1 saturated carbocycles. The van der Waals surface area contributed by atoms with Gasteiger partial charge in [0, 0.05) is 11.1 Å². The molecule has 0 spiro atoms. The highest BCUT2D eigenvalue weighted by atomic mass is 35.5. The van der Waals surface area contributed by atoms with Gasteiger partial charge in [-0.3, -0.25) is 11.3 Å². The predicted molar refractivity (Wildman–Crippen MR) is 86.6 cm³/mol. The first kappa shape index (κ1) is 16.7. The van der Waals surface area contributed by atoms with Crippen molar-refractivity contribution >= 4 is 11.6 Å². The van der Waals surface area contributed by atoms with Crippen LogP contribution in [0.3, 0.4) is 0 Å². The highest BCUT2D eigenvalue weighted by Crippen LogP contribution is 2.46. The molecule has 2 rings (SSSR count). The highest BCUT2D eigenvalue weighted by molar-refractivity contribution is 6.31. The van der Waals surface area contributed by atoms with E-state index in [0.29, 0.717) is 17.4 Å². The Balaban J connectivity index is 2.22. The quantitative estimate of drug-likeness (QED) is 0.601. The molecule has 1 fully saturated rings. The number of rotatable bonds is 6. The summed E-state index contributed by atoms with van der Waals surface area (Å²) in [5.74, 6) is 6.25. The predicted octanol–water partition coefficient (Wildman–Crippen LogP) is 4.46. The van der Waals surface area contributed by atoms with Crippen molar-refractivity contribution < 1.29 is 4.39 Å². The summed E-state index contributed by atoms with van der Waals surface area (Å²) in [5, 5.41) is 0.620. The SMILES string of the molecule is CC(C)CC1(C(Cc2cc(F)ccc2Cl)NN)CCCC1. The van der Waals surface area contributed by atoms with Gasteiger partial charge in [0.25, 0.3) is 0 Å². The van der Waals surface area contributed by atoms with Gasteiger partial charge in [-0.05, 0) is 60.8 Å². The van der Waals surface area contributed by atoms with E-state index in [-0.39, 0.29) is 17.3 Å². The fourth-order valence-electron chi connectivity index (χ4n) is 3.96. The molecule has 1 atom stereocenters. The van der Waals surface area contributed by atoms with Crippen molar-refractivity contribution in [1.29, 1.82) is 0 Å². The van der Waals surface area contributed by atoms with Gasteiger partial charge in [-0.1, -0.05) is 38.3 Å². The zero-order valence-electron chi connectivity index (χ0n) is 13.0. The molecule has 0 aliphatic heterocycles. The molecule has 0 aromatic heterocycles. The maximum Gasteiger partial charge on any atom is 0.123 e. The molecule has 0 bridgehead atoms. The minimum Gasteiger partial charge on any atom is -0.271 e. The Morgan fingerprint density at radius 2 is 2.00 bits per heavy atom. The van der Waals surface area contributed by atoms with Crippen LogP contribution in [-0.4, -0.2) is 6.04 Å². The second-order valence-corrected chi connectivity index (χ2v) is 7.23. The van der Waals surface area contributed by atoms with E-state index in [2.05, 4.69) is 19.3 Å². The Morgan fingerprint density at radius 1 is 1.33 bits per heavy atom. The van der Waals surface area contributed by atoms with Crippen LogP contribution >= 0.6 is 11.6 Å². The Labute approximate surface area is 132 Å². The van der Waals surface area contributed by atoms with Crippen molar-refractivity contribution in [2.75, 3.05) is 0 Å². The van der Waals surface area contributed by atoms with Crippen LogP contribution in [0, 0.1) is 17.2 Å². The zero-order chi connectivity index (χ0) is 15.5. The molecule has 118 valence electrons. The lowest BCUT2D eigenvalue weighted by Gasteiger charge is -2.39. The van der Waals surface area contributed by atoms with Gasteiger partial charge in [0.1, 0.15) is 5.82 Å². The smallest absolute Gasteiger partial charge is 0.123 e. The summed E-state index contributed by atoms with van der Waals surface area (Å²) in [4.78, 5) is 0. The van der Waals surface area contributed by atoms with Crippen molar-refractivity contribution in [3.05, 3.63) is 34.6 Å². The number of hydrogen-bond donors (Lipinski definition) is 2. The molecule has 0 saturated heterocycles. The summed E-state index contributed by atoms with van der Waals surface area (Å²) in [5.41, 5.74) is 4.05. The van der Waals surface area contributed by atoms with Crippen molar-refractivity contribution in [2.45, 2.75) is 58.4 Å². The number of hydrogen-bond acceptors (Lipinski definition) is 2. The Bertz CT molecular complexity index is 470. The number of halogens is 2. The second kappa shape index (κ2) is 7.08. The average Bonchev–Trinajstić information content (AvgIpc) is 2.88. The summed E-state index contributed by atoms with van der Waals surface area (Å²) in [6.45, 7) is 4.51. The van der Waals surface area contributed by atoms with E-state index >= 15 is 0 Å². The maximum atomic E-state index is 13.5. The normalized spacial score (nSPS) is 19.1. The molecule has 1 aromatic rings. The van der Waals surface area contributed by atoms with E-state index < -0.39 is 0 Å². The Kier molecular flexibility index (Phi) is 5.64. The molecule has 21 heavy (non-hydrogen) atoms. The van der Waals surface area contributed by atoms with Crippen LogP contribution in [0.5, 0.6) is 0 Å². The van der Waals surface area contributed by atoms with E-state index in [1.165, 1.54) is 37.8 Å². The summed E-state index contributed by atoms with van der Waals surface area (Å²) in [6.07, 6.45) is 6.71. The molecule has 1 unspecified atom stereocenters. The molecule has 4 heteroatoms. The molecular formula is C17H26ClFN2. The van der Waals surface area contributed by atoms with Crippen LogP contribution < -0.4 is 11.3 Å². The fraction of sp³-hybridized carbons (Fsp3) is 0.647. The van der Waals surface area contributed by atoms with Gasteiger partial charge in [-0.2, -0.15) is 0 Å². The largest absolute Gasteiger partial charge is 0.271 e. The zero-order valence-corrected chi connectivity index (χ0v) is 13.7. The van der Waals surface area contributed by atoms with Crippen LogP contribution in [-0.2, 0) is 6.42 Å². The van der Waals surface area contributed by atoms with E-state index in [1.54, 1.807) is 6.07 Å². The molecule has 2 nitrogen and oxygen atoms in total. The number of hydrazine groups is 1. The topological polar surface area (TPSA) is 38.0 Å². The van der Waals surface area contributed by atoms with Crippen LogP contribution in [0.15, 0.2) is 18.2 Å².